The van der Waals surface area contributed by atoms with E-state index in [1.165, 1.54) is 4.90 Å². The number of amides is 3. The molecule has 0 radical (unpaired) electrons. The van der Waals surface area contributed by atoms with Crippen LogP contribution in [0.3, 0.4) is 0 Å². The van der Waals surface area contributed by atoms with Crippen LogP contribution in [0, 0.1) is 0 Å². The van der Waals surface area contributed by atoms with Gasteiger partial charge in [-0.1, -0.05) is 11.6 Å². The summed E-state index contributed by atoms with van der Waals surface area (Å²) >= 11 is 5.96. The summed E-state index contributed by atoms with van der Waals surface area (Å²) in [4.78, 5) is 49.6. The van der Waals surface area contributed by atoms with Crippen molar-refractivity contribution < 1.29 is 28.4 Å². The van der Waals surface area contributed by atoms with Crippen molar-refractivity contribution in [1.29, 1.82) is 0 Å². The van der Waals surface area contributed by atoms with Crippen LogP contribution >= 0.6 is 11.6 Å². The number of hydrogen-bond acceptors (Lipinski definition) is 9. The van der Waals surface area contributed by atoms with Crippen molar-refractivity contribution in [2.75, 3.05) is 45.8 Å². The maximum absolute atomic E-state index is 13.4. The molecule has 0 aliphatic carbocycles. The average molecular weight is 619 g/mol. The van der Waals surface area contributed by atoms with Gasteiger partial charge in [0.1, 0.15) is 17.9 Å². The molecule has 3 rings (SSSR count). The van der Waals surface area contributed by atoms with E-state index in [4.69, 9.17) is 32.5 Å². The highest BCUT2D eigenvalue weighted by Crippen LogP contribution is 2.22. The van der Waals surface area contributed by atoms with Crippen molar-refractivity contribution in [3.63, 3.8) is 0 Å². The van der Waals surface area contributed by atoms with Gasteiger partial charge in [-0.2, -0.15) is 0 Å². The Morgan fingerprint density at radius 3 is 2.40 bits per heavy atom. The number of ether oxygens (including phenoxy) is 2. The number of rotatable bonds is 11. The van der Waals surface area contributed by atoms with E-state index in [2.05, 4.69) is 15.3 Å². The number of carbonyl (C=O) groups excluding carboxylic acids is 3. The lowest BCUT2D eigenvalue weighted by Crippen LogP contribution is -2.48. The van der Waals surface area contributed by atoms with E-state index in [-0.39, 0.29) is 41.5 Å². The lowest BCUT2D eigenvalue weighted by Gasteiger charge is -2.25. The first-order chi connectivity index (χ1) is 20.2. The molecule has 2 aromatic heterocycles. The Bertz CT molecular complexity index is 1500. The second-order valence-corrected chi connectivity index (χ2v) is 11.3. The molecule has 43 heavy (non-hydrogen) atoms. The molecule has 5 N–H and O–H groups in total. The monoisotopic (exact) mass is 618 g/mol. The van der Waals surface area contributed by atoms with Gasteiger partial charge in [0.05, 0.1) is 13.7 Å². The van der Waals surface area contributed by atoms with Crippen LogP contribution in [0.25, 0.3) is 11.0 Å². The van der Waals surface area contributed by atoms with Gasteiger partial charge < -0.3 is 36.1 Å². The van der Waals surface area contributed by atoms with Crippen LogP contribution in [0.2, 0.25) is 5.15 Å². The van der Waals surface area contributed by atoms with Crippen LogP contribution in [0.15, 0.2) is 18.2 Å². The second kappa shape index (κ2) is 13.8. The quantitative estimate of drug-likeness (QED) is 0.272. The Balaban J connectivity index is 1.81. The van der Waals surface area contributed by atoms with Gasteiger partial charge >= 0.3 is 6.09 Å². The molecule has 3 aromatic rings. The van der Waals surface area contributed by atoms with Gasteiger partial charge in [-0.15, -0.1) is 0 Å². The molecule has 1 aromatic carbocycles. The number of likely N-dealkylation sites (N-methyl/N-ethyl adjacent to an activating group) is 1. The Morgan fingerprint density at radius 2 is 1.77 bits per heavy atom. The fraction of sp³-hybridized carbons (Fsp3) is 0.500. The topological polar surface area (TPSA) is 175 Å². The number of benzene rings is 1. The Kier molecular flexibility index (Phi) is 10.6. The predicted octanol–water partition coefficient (Wildman–Crippen LogP) is 2.21. The number of nitrogens with one attached hydrogen (secondary N) is 1. The third-order valence-electron chi connectivity index (χ3n) is 6.64. The number of nitrogens with two attached hydrogens (primary N) is 2. The van der Waals surface area contributed by atoms with Gasteiger partial charge in [0.25, 0.3) is 17.6 Å². The predicted molar refractivity (Wildman–Crippen MR) is 163 cm³/mol. The standard InChI is InChI=1S/C28H40ClN9O5/c1-8-37-19-14-17(42-7)10-11-18(19)38(20(37)15-32-26(40)22-24(30)34-25(31)23(29)33-22)16-21(39)35(5)12-9-13-36(6)27(41)43-28(2,3)4/h10-11,14H,8-9,12-13,15-16H2,1-7H3,(H4-,30,31,32,34,40)/p+1. The highest BCUT2D eigenvalue weighted by atomic mass is 35.5. The largest absolute Gasteiger partial charge is 0.497 e. The third kappa shape index (κ3) is 8.15. The van der Waals surface area contributed by atoms with Crippen molar-refractivity contribution in [2.24, 2.45) is 0 Å². The fourth-order valence-electron chi connectivity index (χ4n) is 4.43. The molecule has 0 aliphatic rings. The minimum absolute atomic E-state index is 0.00901. The normalized spacial score (nSPS) is 11.3. The summed E-state index contributed by atoms with van der Waals surface area (Å²) in [6, 6.07) is 5.57. The van der Waals surface area contributed by atoms with Crippen LogP contribution in [0.5, 0.6) is 5.75 Å². The van der Waals surface area contributed by atoms with Crippen molar-refractivity contribution >= 4 is 52.2 Å². The Morgan fingerprint density at radius 1 is 1.09 bits per heavy atom. The first-order valence-corrected chi connectivity index (χ1v) is 14.2. The summed E-state index contributed by atoms with van der Waals surface area (Å²) in [7, 11) is 4.96. The van der Waals surface area contributed by atoms with E-state index >= 15 is 0 Å². The van der Waals surface area contributed by atoms with Crippen LogP contribution in [-0.4, -0.2) is 82.1 Å². The van der Waals surface area contributed by atoms with Gasteiger partial charge in [0.2, 0.25) is 0 Å². The number of carbonyl (C=O) groups is 3. The first kappa shape index (κ1) is 33.2. The zero-order valence-corrected chi connectivity index (χ0v) is 26.5. The minimum atomic E-state index is -0.596. The number of anilines is 2. The molecule has 14 nitrogen and oxygen atoms in total. The van der Waals surface area contributed by atoms with Crippen LogP contribution < -0.4 is 26.1 Å². The molecule has 3 amide bonds. The molecule has 2 heterocycles. The van der Waals surface area contributed by atoms with Crippen LogP contribution in [-0.2, 0) is 29.2 Å². The van der Waals surface area contributed by atoms with Gasteiger partial charge in [0, 0.05) is 33.3 Å². The number of imidazole rings is 1. The number of aromatic nitrogens is 4. The van der Waals surface area contributed by atoms with Crippen molar-refractivity contribution in [3.05, 3.63) is 34.9 Å². The number of fused-ring (bicyclic) bond motifs is 1. The molecule has 0 spiro atoms. The summed E-state index contributed by atoms with van der Waals surface area (Å²) < 4.78 is 14.7. The Hall–Kier alpha value is -4.33. The lowest BCUT2D eigenvalue weighted by molar-refractivity contribution is -0.668. The van der Waals surface area contributed by atoms with E-state index in [9.17, 15) is 14.4 Å². The third-order valence-corrected chi connectivity index (χ3v) is 6.92. The maximum atomic E-state index is 13.4. The molecule has 15 heteroatoms. The zero-order valence-electron chi connectivity index (χ0n) is 25.7. The van der Waals surface area contributed by atoms with E-state index < -0.39 is 17.6 Å². The van der Waals surface area contributed by atoms with E-state index in [1.54, 1.807) is 26.1 Å². The van der Waals surface area contributed by atoms with Crippen LogP contribution in [0.4, 0.5) is 16.4 Å². The molecule has 0 fully saturated rings. The van der Waals surface area contributed by atoms with Gasteiger partial charge in [-0.05, 0) is 46.2 Å². The van der Waals surface area contributed by atoms with Gasteiger partial charge in [0.15, 0.2) is 40.1 Å². The number of methoxy groups -OCH3 is 1. The maximum Gasteiger partial charge on any atom is 0.410 e. The average Bonchev–Trinajstić information content (AvgIpc) is 3.23. The van der Waals surface area contributed by atoms with E-state index in [0.29, 0.717) is 37.6 Å². The minimum Gasteiger partial charge on any atom is -0.497 e. The molecule has 0 bridgehead atoms. The van der Waals surface area contributed by atoms with Crippen molar-refractivity contribution in [2.45, 2.75) is 59.4 Å². The highest BCUT2D eigenvalue weighted by molar-refractivity contribution is 6.31. The zero-order chi connectivity index (χ0) is 32.1. The van der Waals surface area contributed by atoms with Crippen LogP contribution in [0.1, 0.15) is 50.4 Å². The molecule has 0 aliphatic heterocycles. The van der Waals surface area contributed by atoms with Crippen molar-refractivity contribution in [1.82, 2.24) is 29.7 Å². The fourth-order valence-corrected chi connectivity index (χ4v) is 4.55. The molecular formula is C28H41ClN9O5+. The molecule has 0 saturated heterocycles. The summed E-state index contributed by atoms with van der Waals surface area (Å²) in [5.41, 5.74) is 12.4. The Labute approximate surface area is 255 Å². The van der Waals surface area contributed by atoms with Crippen molar-refractivity contribution in [3.8, 4) is 5.75 Å². The lowest BCUT2D eigenvalue weighted by atomic mass is 10.2. The smallest absolute Gasteiger partial charge is 0.410 e. The van der Waals surface area contributed by atoms with Gasteiger partial charge in [-0.25, -0.2) is 23.9 Å². The summed E-state index contributed by atoms with van der Waals surface area (Å²) in [5, 5.41) is 2.69. The molecule has 0 unspecified atom stereocenters. The summed E-state index contributed by atoms with van der Waals surface area (Å²) in [6.45, 7) is 8.86. The second-order valence-electron chi connectivity index (χ2n) is 11.0. The molecule has 0 atom stereocenters. The number of nitrogen functional groups attached to an aromatic ring is 2. The van der Waals surface area contributed by atoms with E-state index in [0.717, 1.165) is 11.0 Å². The number of aryl methyl sites for hydroxylation is 1. The summed E-state index contributed by atoms with van der Waals surface area (Å²) in [6.07, 6.45) is 0.145. The van der Waals surface area contributed by atoms with E-state index in [1.807, 2.05) is 55.0 Å². The highest BCUT2D eigenvalue weighted by Gasteiger charge is 2.28. The summed E-state index contributed by atoms with van der Waals surface area (Å²) in [5.74, 6) is 0.346. The number of hydrogen-bond donors (Lipinski definition) is 3. The SMILES string of the molecule is CCn1c(CNC(=O)c2nc(Cl)c(N)nc2N)[n+](CC(=O)N(C)CCCN(C)C(=O)OC(C)(C)C)c2ccc(OC)cc21. The number of halogens is 1. The van der Waals surface area contributed by atoms with Gasteiger partial charge in [-0.3, -0.25) is 9.59 Å². The number of nitrogens with zero attached hydrogens (tertiary/aromatic N) is 6. The molecule has 0 saturated carbocycles. The molecule has 234 valence electrons. The first-order valence-electron chi connectivity index (χ1n) is 13.8. The molecular weight excluding hydrogens is 578 g/mol.